The molecule has 0 aliphatic carbocycles. The zero-order valence-electron chi connectivity index (χ0n) is 10.7. The van der Waals surface area contributed by atoms with Crippen molar-refractivity contribution in [3.8, 4) is 0 Å². The highest BCUT2D eigenvalue weighted by Crippen LogP contribution is 2.24. The predicted molar refractivity (Wildman–Crippen MR) is 81.9 cm³/mol. The lowest BCUT2D eigenvalue weighted by Gasteiger charge is -2.09. The van der Waals surface area contributed by atoms with E-state index in [0.717, 1.165) is 21.6 Å². The maximum Gasteiger partial charge on any atom is 0.337 e. The number of hydrogen-bond acceptors (Lipinski definition) is 4. The Labute approximate surface area is 124 Å². The number of rotatable bonds is 4. The minimum Gasteiger partial charge on any atom is -0.465 e. The molecule has 100 valence electrons. The molecule has 0 spiro atoms. The fourth-order valence-corrected chi connectivity index (χ4v) is 3.16. The van der Waals surface area contributed by atoms with Gasteiger partial charge >= 0.3 is 5.97 Å². The molecule has 0 atom stereocenters. The average Bonchev–Trinajstić information content (AvgIpc) is 2.82. The molecule has 0 aliphatic heterocycles. The van der Waals surface area contributed by atoms with Crippen LogP contribution in [-0.4, -0.2) is 13.1 Å². The number of carbonyl (C=O) groups is 1. The second-order valence-electron chi connectivity index (χ2n) is 4.08. The zero-order chi connectivity index (χ0) is 13.8. The van der Waals surface area contributed by atoms with E-state index in [1.807, 2.05) is 25.1 Å². The van der Waals surface area contributed by atoms with Gasteiger partial charge in [0.25, 0.3) is 0 Å². The van der Waals surface area contributed by atoms with Gasteiger partial charge in [0.15, 0.2) is 0 Å². The van der Waals surface area contributed by atoms with Crippen molar-refractivity contribution >= 4 is 38.9 Å². The van der Waals surface area contributed by atoms with Gasteiger partial charge in [-0.05, 0) is 58.7 Å². The Morgan fingerprint density at radius 1 is 1.37 bits per heavy atom. The Hall–Kier alpha value is -1.33. The van der Waals surface area contributed by atoms with Crippen molar-refractivity contribution in [2.24, 2.45) is 0 Å². The molecule has 0 unspecified atom stereocenters. The van der Waals surface area contributed by atoms with Gasteiger partial charge in [0.05, 0.1) is 16.5 Å². The van der Waals surface area contributed by atoms with Gasteiger partial charge < -0.3 is 10.1 Å². The van der Waals surface area contributed by atoms with Crippen LogP contribution in [0.15, 0.2) is 34.1 Å². The minimum absolute atomic E-state index is 0.308. The molecule has 0 aliphatic rings. The Bertz CT molecular complexity index is 595. The number of esters is 1. The van der Waals surface area contributed by atoms with Gasteiger partial charge in [-0.1, -0.05) is 0 Å². The number of benzene rings is 1. The number of halogens is 1. The second-order valence-corrected chi connectivity index (χ2v) is 6.63. The Kier molecular flexibility index (Phi) is 4.61. The van der Waals surface area contributed by atoms with Crippen LogP contribution in [0.25, 0.3) is 0 Å². The first-order chi connectivity index (χ1) is 9.10. The molecule has 0 amide bonds. The summed E-state index contributed by atoms with van der Waals surface area (Å²) in [7, 11) is 1.39. The van der Waals surface area contributed by atoms with E-state index in [0.29, 0.717) is 5.56 Å². The zero-order valence-corrected chi connectivity index (χ0v) is 13.1. The van der Waals surface area contributed by atoms with Crippen molar-refractivity contribution in [3.63, 3.8) is 0 Å². The summed E-state index contributed by atoms with van der Waals surface area (Å²) < 4.78 is 5.83. The van der Waals surface area contributed by atoms with E-state index in [2.05, 4.69) is 27.3 Å². The smallest absolute Gasteiger partial charge is 0.337 e. The maximum absolute atomic E-state index is 11.4. The molecule has 0 fully saturated rings. The third-order valence-electron chi connectivity index (χ3n) is 2.73. The van der Waals surface area contributed by atoms with Gasteiger partial charge in [-0.2, -0.15) is 0 Å². The summed E-state index contributed by atoms with van der Waals surface area (Å²) in [6, 6.07) is 9.63. The topological polar surface area (TPSA) is 38.3 Å². The lowest BCUT2D eigenvalue weighted by Crippen LogP contribution is -2.04. The summed E-state index contributed by atoms with van der Waals surface area (Å²) >= 11 is 5.15. The predicted octanol–water partition coefficient (Wildman–Crippen LogP) is 4.22. The van der Waals surface area contributed by atoms with Crippen LogP contribution in [0.2, 0.25) is 0 Å². The van der Waals surface area contributed by atoms with Crippen LogP contribution in [0.5, 0.6) is 0 Å². The molecular weight excluding hydrogens is 326 g/mol. The second kappa shape index (κ2) is 6.21. The molecule has 0 bridgehead atoms. The highest BCUT2D eigenvalue weighted by atomic mass is 79.9. The Balaban J connectivity index is 2.07. The Morgan fingerprint density at radius 3 is 2.74 bits per heavy atom. The van der Waals surface area contributed by atoms with E-state index in [-0.39, 0.29) is 5.97 Å². The molecule has 1 heterocycles. The van der Waals surface area contributed by atoms with Gasteiger partial charge in [-0.3, -0.25) is 0 Å². The monoisotopic (exact) mass is 339 g/mol. The van der Waals surface area contributed by atoms with Crippen LogP contribution in [0.4, 0.5) is 5.69 Å². The van der Waals surface area contributed by atoms with Crippen molar-refractivity contribution < 1.29 is 9.53 Å². The number of aryl methyl sites for hydroxylation is 1. The van der Waals surface area contributed by atoms with E-state index in [4.69, 9.17) is 4.74 Å². The van der Waals surface area contributed by atoms with Crippen molar-refractivity contribution in [1.29, 1.82) is 0 Å². The van der Waals surface area contributed by atoms with Gasteiger partial charge in [-0.25, -0.2) is 4.79 Å². The standard InChI is InChI=1S/C14H14BrNO2S/c1-9-7-10(14(17)18-2)3-5-12(9)16-8-11-4-6-13(15)19-11/h3-7,16H,8H2,1-2H3. The number of ether oxygens (including phenoxy) is 1. The summed E-state index contributed by atoms with van der Waals surface area (Å²) in [5.41, 5.74) is 2.63. The molecule has 19 heavy (non-hydrogen) atoms. The molecule has 0 saturated carbocycles. The number of anilines is 1. The first-order valence-corrected chi connectivity index (χ1v) is 7.38. The van der Waals surface area contributed by atoms with Gasteiger partial charge in [0.1, 0.15) is 0 Å². The summed E-state index contributed by atoms with van der Waals surface area (Å²) in [4.78, 5) is 12.7. The molecule has 1 N–H and O–H groups in total. The lowest BCUT2D eigenvalue weighted by molar-refractivity contribution is 0.0600. The SMILES string of the molecule is COC(=O)c1ccc(NCc2ccc(Br)s2)c(C)c1. The quantitative estimate of drug-likeness (QED) is 0.847. The minimum atomic E-state index is -0.308. The van der Waals surface area contributed by atoms with E-state index < -0.39 is 0 Å². The van der Waals surface area contributed by atoms with E-state index in [1.165, 1.54) is 12.0 Å². The van der Waals surface area contributed by atoms with Crippen LogP contribution in [-0.2, 0) is 11.3 Å². The van der Waals surface area contributed by atoms with Crippen LogP contribution in [0.1, 0.15) is 20.8 Å². The average molecular weight is 340 g/mol. The molecule has 5 heteroatoms. The van der Waals surface area contributed by atoms with Crippen molar-refractivity contribution in [3.05, 3.63) is 50.1 Å². The third-order valence-corrected chi connectivity index (χ3v) is 4.35. The third kappa shape index (κ3) is 3.58. The molecule has 1 aromatic heterocycles. The highest BCUT2D eigenvalue weighted by Gasteiger charge is 2.07. The number of methoxy groups -OCH3 is 1. The number of carbonyl (C=O) groups excluding carboxylic acids is 1. The molecule has 2 aromatic rings. The van der Waals surface area contributed by atoms with E-state index in [9.17, 15) is 4.79 Å². The van der Waals surface area contributed by atoms with Crippen molar-refractivity contribution in [1.82, 2.24) is 0 Å². The first kappa shape index (κ1) is 14.1. The summed E-state index contributed by atoms with van der Waals surface area (Å²) in [5.74, 6) is -0.308. The molecule has 0 radical (unpaired) electrons. The number of hydrogen-bond donors (Lipinski definition) is 1. The largest absolute Gasteiger partial charge is 0.465 e. The van der Waals surface area contributed by atoms with E-state index in [1.54, 1.807) is 17.4 Å². The summed E-state index contributed by atoms with van der Waals surface area (Å²) in [6.07, 6.45) is 0. The number of nitrogens with one attached hydrogen (secondary N) is 1. The van der Waals surface area contributed by atoms with Crippen LogP contribution in [0, 0.1) is 6.92 Å². The fourth-order valence-electron chi connectivity index (χ4n) is 1.74. The molecular formula is C14H14BrNO2S. The van der Waals surface area contributed by atoms with Gasteiger partial charge in [0, 0.05) is 17.1 Å². The first-order valence-electron chi connectivity index (χ1n) is 5.77. The van der Waals surface area contributed by atoms with Gasteiger partial charge in [0.2, 0.25) is 0 Å². The van der Waals surface area contributed by atoms with Crippen molar-refractivity contribution in [2.45, 2.75) is 13.5 Å². The molecule has 1 aromatic carbocycles. The van der Waals surface area contributed by atoms with Gasteiger partial charge in [-0.15, -0.1) is 11.3 Å². The summed E-state index contributed by atoms with van der Waals surface area (Å²) in [5, 5.41) is 3.36. The van der Waals surface area contributed by atoms with Crippen LogP contribution < -0.4 is 5.32 Å². The highest BCUT2D eigenvalue weighted by molar-refractivity contribution is 9.11. The van der Waals surface area contributed by atoms with E-state index >= 15 is 0 Å². The lowest BCUT2D eigenvalue weighted by atomic mass is 10.1. The number of thiophene rings is 1. The molecule has 0 saturated heterocycles. The van der Waals surface area contributed by atoms with Crippen LogP contribution in [0.3, 0.4) is 0 Å². The normalized spacial score (nSPS) is 10.3. The van der Waals surface area contributed by atoms with Crippen LogP contribution >= 0.6 is 27.3 Å². The Morgan fingerprint density at radius 2 is 2.16 bits per heavy atom. The fraction of sp³-hybridized carbons (Fsp3) is 0.214. The molecule has 2 rings (SSSR count). The van der Waals surface area contributed by atoms with Crippen molar-refractivity contribution in [2.75, 3.05) is 12.4 Å². The maximum atomic E-state index is 11.4. The summed E-state index contributed by atoms with van der Waals surface area (Å²) in [6.45, 7) is 2.74. The molecule has 3 nitrogen and oxygen atoms in total.